The number of pyridine rings is 2. The third-order valence-corrected chi connectivity index (χ3v) is 7.22. The van der Waals surface area contributed by atoms with Gasteiger partial charge in [0.2, 0.25) is 5.88 Å². The molecule has 2 aliphatic rings. The molecule has 1 atom stereocenters. The fourth-order valence-corrected chi connectivity index (χ4v) is 5.20. The van der Waals surface area contributed by atoms with Crippen LogP contribution in [0.15, 0.2) is 36.7 Å². The average molecular weight is 544 g/mol. The highest BCUT2D eigenvalue weighted by atomic mass is 19.3. The van der Waals surface area contributed by atoms with Gasteiger partial charge in [0, 0.05) is 44.1 Å². The fourth-order valence-electron chi connectivity index (χ4n) is 5.20. The molecule has 2 fully saturated rings. The number of nitrogens with one attached hydrogen (secondary N) is 2. The SMILES string of the molecule is NC(=O)c1cccnc1OC1CCC(NC(=O)c2nc(C(F)F)n3cc(N4CCN[C@H](CO)C4)ccc23)CC1. The number of piperazine rings is 1. The Morgan fingerprint density at radius 3 is 2.74 bits per heavy atom. The molecule has 0 aromatic carbocycles. The van der Waals surface area contributed by atoms with Crippen molar-refractivity contribution in [1.82, 2.24) is 25.0 Å². The molecule has 2 amide bonds. The number of aromatic nitrogens is 3. The Hall–Kier alpha value is -3.84. The second-order valence-electron chi connectivity index (χ2n) is 9.83. The number of rotatable bonds is 8. The van der Waals surface area contributed by atoms with Crippen molar-refractivity contribution >= 4 is 23.0 Å². The lowest BCUT2D eigenvalue weighted by atomic mass is 9.93. The summed E-state index contributed by atoms with van der Waals surface area (Å²) >= 11 is 0. The maximum absolute atomic E-state index is 13.9. The van der Waals surface area contributed by atoms with Gasteiger partial charge in [0.05, 0.1) is 17.8 Å². The number of nitrogens with two attached hydrogens (primary N) is 1. The van der Waals surface area contributed by atoms with Gasteiger partial charge in [-0.1, -0.05) is 0 Å². The van der Waals surface area contributed by atoms with E-state index >= 15 is 0 Å². The van der Waals surface area contributed by atoms with E-state index in [4.69, 9.17) is 10.5 Å². The van der Waals surface area contributed by atoms with Crippen molar-refractivity contribution in [3.8, 4) is 5.88 Å². The Morgan fingerprint density at radius 2 is 2.03 bits per heavy atom. The molecule has 0 bridgehead atoms. The predicted molar refractivity (Wildman–Crippen MR) is 138 cm³/mol. The van der Waals surface area contributed by atoms with Gasteiger partial charge in [-0.25, -0.2) is 18.7 Å². The summed E-state index contributed by atoms with van der Waals surface area (Å²) in [4.78, 5) is 34.9. The molecule has 5 N–H and O–H groups in total. The van der Waals surface area contributed by atoms with E-state index in [1.54, 1.807) is 30.5 Å². The van der Waals surface area contributed by atoms with Crippen LogP contribution in [-0.4, -0.2) is 75.7 Å². The lowest BCUT2D eigenvalue weighted by molar-refractivity contribution is 0.0877. The highest BCUT2D eigenvalue weighted by molar-refractivity contribution is 5.99. The third kappa shape index (κ3) is 5.78. The summed E-state index contributed by atoms with van der Waals surface area (Å²) in [5.41, 5.74) is 6.56. The Bertz CT molecular complexity index is 1340. The second kappa shape index (κ2) is 11.5. The van der Waals surface area contributed by atoms with E-state index in [1.165, 1.54) is 10.6 Å². The van der Waals surface area contributed by atoms with Crippen LogP contribution in [0.1, 0.15) is 58.8 Å². The molecule has 1 saturated heterocycles. The number of hydrogen-bond acceptors (Lipinski definition) is 8. The normalized spacial score (nSPS) is 21.7. The summed E-state index contributed by atoms with van der Waals surface area (Å²) in [5.74, 6) is -1.44. The van der Waals surface area contributed by atoms with Crippen LogP contribution in [0, 0.1) is 0 Å². The van der Waals surface area contributed by atoms with Crippen molar-refractivity contribution in [2.75, 3.05) is 31.1 Å². The molecule has 1 aliphatic heterocycles. The molecule has 0 spiro atoms. The molecule has 3 aromatic heterocycles. The molecule has 5 rings (SSSR count). The van der Waals surface area contributed by atoms with E-state index in [9.17, 15) is 23.5 Å². The monoisotopic (exact) mass is 543 g/mol. The summed E-state index contributed by atoms with van der Waals surface area (Å²) in [7, 11) is 0. The fraction of sp³-hybridized carbons (Fsp3) is 0.462. The van der Waals surface area contributed by atoms with Gasteiger partial charge in [0.15, 0.2) is 11.5 Å². The molecule has 0 radical (unpaired) electrons. The maximum atomic E-state index is 13.9. The van der Waals surface area contributed by atoms with Crippen molar-refractivity contribution < 1.29 is 28.2 Å². The molecule has 3 aromatic rings. The quantitative estimate of drug-likeness (QED) is 0.336. The van der Waals surface area contributed by atoms with Crippen LogP contribution in [0.25, 0.3) is 5.52 Å². The lowest BCUT2D eigenvalue weighted by Crippen LogP contribution is -2.52. The highest BCUT2D eigenvalue weighted by Gasteiger charge is 2.29. The first-order chi connectivity index (χ1) is 18.8. The molecule has 0 unspecified atom stereocenters. The minimum Gasteiger partial charge on any atom is -0.474 e. The smallest absolute Gasteiger partial charge is 0.295 e. The van der Waals surface area contributed by atoms with Crippen LogP contribution >= 0.6 is 0 Å². The molecule has 11 nitrogen and oxygen atoms in total. The van der Waals surface area contributed by atoms with E-state index in [2.05, 4.69) is 20.6 Å². The molecular weight excluding hydrogens is 512 g/mol. The number of halogens is 2. The number of carbonyl (C=O) groups excluding carboxylic acids is 2. The number of ether oxygens (including phenoxy) is 1. The van der Waals surface area contributed by atoms with Gasteiger partial charge < -0.3 is 31.1 Å². The second-order valence-corrected chi connectivity index (χ2v) is 9.83. The Kier molecular flexibility index (Phi) is 7.89. The lowest BCUT2D eigenvalue weighted by Gasteiger charge is -2.34. The van der Waals surface area contributed by atoms with Gasteiger partial charge in [0.25, 0.3) is 18.2 Å². The van der Waals surface area contributed by atoms with Crippen LogP contribution < -0.4 is 26.0 Å². The Balaban J connectivity index is 1.26. The number of alkyl halides is 2. The average Bonchev–Trinajstić information content (AvgIpc) is 3.34. The van der Waals surface area contributed by atoms with E-state index in [0.29, 0.717) is 56.5 Å². The highest BCUT2D eigenvalue weighted by Crippen LogP contribution is 2.28. The molecule has 13 heteroatoms. The molecule has 208 valence electrons. The van der Waals surface area contributed by atoms with Crippen molar-refractivity contribution in [3.63, 3.8) is 0 Å². The summed E-state index contributed by atoms with van der Waals surface area (Å²) in [6.07, 6.45) is 2.44. The van der Waals surface area contributed by atoms with Gasteiger partial charge in [-0.2, -0.15) is 0 Å². The van der Waals surface area contributed by atoms with E-state index in [-0.39, 0.29) is 41.9 Å². The van der Waals surface area contributed by atoms with Gasteiger partial charge in [-0.15, -0.1) is 0 Å². The molecular formula is C26H31F2N7O4. The van der Waals surface area contributed by atoms with Crippen LogP contribution in [0.2, 0.25) is 0 Å². The molecule has 4 heterocycles. The molecule has 39 heavy (non-hydrogen) atoms. The minimum absolute atomic E-state index is 0.0258. The summed E-state index contributed by atoms with van der Waals surface area (Å²) < 4.78 is 35.0. The zero-order chi connectivity index (χ0) is 27.5. The number of anilines is 1. The standard InChI is InChI=1S/C26H31F2N7O4/c27-22(28)24-33-21(20-8-5-17(13-35(20)24)34-11-10-30-16(12-34)14-36)25(38)32-15-3-6-18(7-4-15)39-26-19(23(29)37)2-1-9-31-26/h1-2,5,8-9,13,15-16,18,22,30,36H,3-4,6-7,10-12,14H2,(H2,29,37)(H,32,38)/t15?,16-,18?/m0/s1. The summed E-state index contributed by atoms with van der Waals surface area (Å²) in [6.45, 7) is 1.82. The number of primary amides is 1. The van der Waals surface area contributed by atoms with Crippen molar-refractivity contribution in [2.45, 2.75) is 50.3 Å². The van der Waals surface area contributed by atoms with Crippen molar-refractivity contribution in [1.29, 1.82) is 0 Å². The van der Waals surface area contributed by atoms with Gasteiger partial charge in [-0.05, 0) is 49.9 Å². The number of imidazole rings is 1. The third-order valence-electron chi connectivity index (χ3n) is 7.22. The first-order valence-electron chi connectivity index (χ1n) is 13.0. The number of hydrogen-bond donors (Lipinski definition) is 4. The van der Waals surface area contributed by atoms with Crippen LogP contribution in [0.4, 0.5) is 14.5 Å². The Morgan fingerprint density at radius 1 is 1.23 bits per heavy atom. The number of aliphatic hydroxyl groups is 1. The van der Waals surface area contributed by atoms with Crippen molar-refractivity contribution in [3.05, 3.63) is 53.7 Å². The van der Waals surface area contributed by atoms with E-state index in [1.807, 2.05) is 4.90 Å². The summed E-state index contributed by atoms with van der Waals surface area (Å²) in [6, 6.07) is 6.28. The summed E-state index contributed by atoms with van der Waals surface area (Å²) in [5, 5.41) is 15.6. The maximum Gasteiger partial charge on any atom is 0.295 e. The molecule has 1 saturated carbocycles. The van der Waals surface area contributed by atoms with Gasteiger partial charge in [-0.3, -0.25) is 14.0 Å². The predicted octanol–water partition coefficient (Wildman–Crippen LogP) is 1.66. The number of fused-ring (bicyclic) bond motifs is 1. The Labute approximate surface area is 223 Å². The van der Waals surface area contributed by atoms with Gasteiger partial charge in [0.1, 0.15) is 11.7 Å². The number of carbonyl (C=O) groups is 2. The minimum atomic E-state index is -2.87. The first kappa shape index (κ1) is 26.8. The number of amides is 2. The van der Waals surface area contributed by atoms with Crippen molar-refractivity contribution in [2.24, 2.45) is 5.73 Å². The van der Waals surface area contributed by atoms with Crippen LogP contribution in [-0.2, 0) is 0 Å². The zero-order valence-corrected chi connectivity index (χ0v) is 21.2. The number of nitrogens with zero attached hydrogens (tertiary/aromatic N) is 4. The van der Waals surface area contributed by atoms with Crippen LogP contribution in [0.5, 0.6) is 5.88 Å². The largest absolute Gasteiger partial charge is 0.474 e. The van der Waals surface area contributed by atoms with Crippen LogP contribution in [0.3, 0.4) is 0 Å². The first-order valence-corrected chi connectivity index (χ1v) is 13.0. The topological polar surface area (TPSA) is 147 Å². The number of aliphatic hydroxyl groups excluding tert-OH is 1. The van der Waals surface area contributed by atoms with E-state index < -0.39 is 24.1 Å². The van der Waals surface area contributed by atoms with Gasteiger partial charge >= 0.3 is 0 Å². The van der Waals surface area contributed by atoms with E-state index in [0.717, 1.165) is 0 Å². The molecule has 1 aliphatic carbocycles. The zero-order valence-electron chi connectivity index (χ0n) is 21.2.